The standard InChI is InChI=1S/C26H34N2O3/c1-5-20-11-8-12-21(6-2)25(20)27-26(30)22-13-15-23(16-14-22)31-17-24(29)28-18(3)9-7-10-19(28)4/h8,11-16,18-19H,5-7,9-10,17H2,1-4H3,(H,27,30). The highest BCUT2D eigenvalue weighted by atomic mass is 16.5. The second-order valence-electron chi connectivity index (χ2n) is 8.36. The van der Waals surface area contributed by atoms with Crippen LogP contribution < -0.4 is 10.1 Å². The van der Waals surface area contributed by atoms with Crippen LogP contribution in [0.4, 0.5) is 5.69 Å². The monoisotopic (exact) mass is 422 g/mol. The van der Waals surface area contributed by atoms with Gasteiger partial charge in [-0.05, 0) is 81.3 Å². The number of nitrogens with one attached hydrogen (secondary N) is 1. The van der Waals surface area contributed by atoms with E-state index in [2.05, 4.69) is 33.0 Å². The minimum atomic E-state index is -0.144. The molecule has 0 bridgehead atoms. The Morgan fingerprint density at radius 3 is 2.10 bits per heavy atom. The molecule has 1 N–H and O–H groups in total. The molecule has 0 saturated carbocycles. The van der Waals surface area contributed by atoms with E-state index in [-0.39, 0.29) is 30.5 Å². The molecule has 5 heteroatoms. The van der Waals surface area contributed by atoms with Gasteiger partial charge < -0.3 is 15.0 Å². The van der Waals surface area contributed by atoms with Crippen molar-refractivity contribution >= 4 is 17.5 Å². The lowest BCUT2D eigenvalue weighted by molar-refractivity contribution is -0.139. The molecule has 0 aromatic heterocycles. The topological polar surface area (TPSA) is 58.6 Å². The third-order valence-electron chi connectivity index (χ3n) is 6.20. The van der Waals surface area contributed by atoms with Crippen molar-refractivity contribution in [2.45, 2.75) is 71.9 Å². The van der Waals surface area contributed by atoms with E-state index >= 15 is 0 Å². The number of piperidine rings is 1. The van der Waals surface area contributed by atoms with Crippen LogP contribution in [0.15, 0.2) is 42.5 Å². The van der Waals surface area contributed by atoms with Gasteiger partial charge in [0.25, 0.3) is 11.8 Å². The zero-order valence-corrected chi connectivity index (χ0v) is 19.1. The van der Waals surface area contributed by atoms with Crippen molar-refractivity contribution in [2.75, 3.05) is 11.9 Å². The van der Waals surface area contributed by atoms with Crippen LogP contribution in [-0.4, -0.2) is 35.4 Å². The summed E-state index contributed by atoms with van der Waals surface area (Å²) in [6, 6.07) is 13.6. The molecule has 2 unspecified atom stereocenters. The number of rotatable bonds is 7. The Balaban J connectivity index is 1.61. The first-order chi connectivity index (χ1) is 14.9. The van der Waals surface area contributed by atoms with Crippen LogP contribution in [0, 0.1) is 0 Å². The van der Waals surface area contributed by atoms with Crippen molar-refractivity contribution in [3.63, 3.8) is 0 Å². The minimum Gasteiger partial charge on any atom is -0.484 e. The molecule has 0 spiro atoms. The Kier molecular flexibility index (Phi) is 7.72. The number of carbonyl (C=O) groups excluding carboxylic acids is 2. The second kappa shape index (κ2) is 10.5. The molecule has 166 valence electrons. The van der Waals surface area contributed by atoms with Gasteiger partial charge in [0.05, 0.1) is 0 Å². The Bertz CT molecular complexity index is 875. The zero-order valence-electron chi connectivity index (χ0n) is 19.1. The normalized spacial score (nSPS) is 18.5. The maximum Gasteiger partial charge on any atom is 0.260 e. The van der Waals surface area contributed by atoms with E-state index in [0.717, 1.165) is 42.5 Å². The number of para-hydroxylation sites is 1. The molecular formula is C26H34N2O3. The van der Waals surface area contributed by atoms with Crippen LogP contribution in [0.3, 0.4) is 0 Å². The molecule has 2 atom stereocenters. The number of likely N-dealkylation sites (tertiary alicyclic amines) is 1. The van der Waals surface area contributed by atoms with Crippen molar-refractivity contribution in [2.24, 2.45) is 0 Å². The van der Waals surface area contributed by atoms with E-state index in [1.165, 1.54) is 6.42 Å². The van der Waals surface area contributed by atoms with Crippen molar-refractivity contribution in [1.29, 1.82) is 0 Å². The fourth-order valence-corrected chi connectivity index (χ4v) is 4.42. The number of carbonyl (C=O) groups is 2. The van der Waals surface area contributed by atoms with Crippen molar-refractivity contribution < 1.29 is 14.3 Å². The average molecular weight is 423 g/mol. The largest absolute Gasteiger partial charge is 0.484 e. The molecule has 0 aliphatic carbocycles. The number of hydrogen-bond donors (Lipinski definition) is 1. The summed E-state index contributed by atoms with van der Waals surface area (Å²) < 4.78 is 5.72. The number of ether oxygens (including phenoxy) is 1. The minimum absolute atomic E-state index is 0.0178. The molecule has 1 saturated heterocycles. The lowest BCUT2D eigenvalue weighted by Gasteiger charge is -2.38. The molecule has 2 aromatic carbocycles. The van der Waals surface area contributed by atoms with Gasteiger partial charge in [-0.25, -0.2) is 0 Å². The van der Waals surface area contributed by atoms with Gasteiger partial charge >= 0.3 is 0 Å². The highest BCUT2D eigenvalue weighted by Crippen LogP contribution is 2.25. The van der Waals surface area contributed by atoms with Crippen molar-refractivity contribution in [3.8, 4) is 5.75 Å². The van der Waals surface area contributed by atoms with E-state index in [0.29, 0.717) is 11.3 Å². The first-order valence-corrected chi connectivity index (χ1v) is 11.4. The Morgan fingerprint density at radius 1 is 0.968 bits per heavy atom. The number of nitrogens with zero attached hydrogens (tertiary/aromatic N) is 1. The fourth-order valence-electron chi connectivity index (χ4n) is 4.42. The van der Waals surface area contributed by atoms with Gasteiger partial charge in [0.1, 0.15) is 5.75 Å². The third kappa shape index (κ3) is 5.46. The lowest BCUT2D eigenvalue weighted by Crippen LogP contribution is -2.49. The molecule has 1 aliphatic rings. The quantitative estimate of drug-likeness (QED) is 0.664. The van der Waals surface area contributed by atoms with Gasteiger partial charge in [0.15, 0.2) is 6.61 Å². The van der Waals surface area contributed by atoms with Crippen LogP contribution in [-0.2, 0) is 17.6 Å². The van der Waals surface area contributed by atoms with Gasteiger partial charge in [-0.1, -0.05) is 32.0 Å². The molecule has 0 radical (unpaired) electrons. The van der Waals surface area contributed by atoms with Crippen LogP contribution in [0.5, 0.6) is 5.75 Å². The second-order valence-corrected chi connectivity index (χ2v) is 8.36. The first kappa shape index (κ1) is 22.9. The van der Waals surface area contributed by atoms with Crippen LogP contribution >= 0.6 is 0 Å². The van der Waals surface area contributed by atoms with E-state index < -0.39 is 0 Å². The van der Waals surface area contributed by atoms with Crippen molar-refractivity contribution in [1.82, 2.24) is 4.90 Å². The molecule has 2 aromatic rings. The summed E-state index contributed by atoms with van der Waals surface area (Å²) in [5.74, 6) is 0.462. The number of aryl methyl sites for hydroxylation is 2. The van der Waals surface area contributed by atoms with Gasteiger partial charge in [-0.2, -0.15) is 0 Å². The van der Waals surface area contributed by atoms with Crippen LogP contribution in [0.1, 0.15) is 68.4 Å². The molecule has 31 heavy (non-hydrogen) atoms. The van der Waals surface area contributed by atoms with E-state index in [9.17, 15) is 9.59 Å². The van der Waals surface area contributed by atoms with E-state index in [1.54, 1.807) is 24.3 Å². The predicted octanol–water partition coefficient (Wildman–Crippen LogP) is 5.23. The zero-order chi connectivity index (χ0) is 22.4. The SMILES string of the molecule is CCc1cccc(CC)c1NC(=O)c1ccc(OCC(=O)N2C(C)CCCC2C)cc1. The molecule has 1 heterocycles. The van der Waals surface area contributed by atoms with Crippen LogP contribution in [0.2, 0.25) is 0 Å². The molecule has 1 fully saturated rings. The molecule has 3 rings (SSSR count). The van der Waals surface area contributed by atoms with E-state index in [1.807, 2.05) is 23.1 Å². The summed E-state index contributed by atoms with van der Waals surface area (Å²) in [4.78, 5) is 27.4. The number of amides is 2. The summed E-state index contributed by atoms with van der Waals surface area (Å²) >= 11 is 0. The highest BCUT2D eigenvalue weighted by Gasteiger charge is 2.29. The van der Waals surface area contributed by atoms with Gasteiger partial charge in [-0.15, -0.1) is 0 Å². The van der Waals surface area contributed by atoms with E-state index in [4.69, 9.17) is 4.74 Å². The fraction of sp³-hybridized carbons (Fsp3) is 0.462. The van der Waals surface area contributed by atoms with Crippen molar-refractivity contribution in [3.05, 3.63) is 59.2 Å². The molecule has 1 aliphatic heterocycles. The predicted molar refractivity (Wildman–Crippen MR) is 125 cm³/mol. The molecule has 5 nitrogen and oxygen atoms in total. The Labute approximate surface area is 185 Å². The Hall–Kier alpha value is -2.82. The smallest absolute Gasteiger partial charge is 0.260 e. The number of benzene rings is 2. The average Bonchev–Trinajstić information content (AvgIpc) is 2.78. The first-order valence-electron chi connectivity index (χ1n) is 11.4. The van der Waals surface area contributed by atoms with Gasteiger partial charge in [0, 0.05) is 23.3 Å². The number of anilines is 1. The summed E-state index contributed by atoms with van der Waals surface area (Å²) in [5, 5.41) is 3.08. The summed E-state index contributed by atoms with van der Waals surface area (Å²) in [6.45, 7) is 8.39. The highest BCUT2D eigenvalue weighted by molar-refractivity contribution is 6.05. The van der Waals surface area contributed by atoms with Gasteiger partial charge in [0.2, 0.25) is 0 Å². The molecule has 2 amide bonds. The van der Waals surface area contributed by atoms with Gasteiger partial charge in [-0.3, -0.25) is 9.59 Å². The number of hydrogen-bond acceptors (Lipinski definition) is 3. The Morgan fingerprint density at radius 2 is 1.55 bits per heavy atom. The third-order valence-corrected chi connectivity index (χ3v) is 6.20. The summed E-state index contributed by atoms with van der Waals surface area (Å²) in [6.07, 6.45) is 4.97. The lowest BCUT2D eigenvalue weighted by atomic mass is 9.97. The summed E-state index contributed by atoms with van der Waals surface area (Å²) in [7, 11) is 0. The maximum absolute atomic E-state index is 12.8. The maximum atomic E-state index is 12.8. The van der Waals surface area contributed by atoms with Crippen LogP contribution in [0.25, 0.3) is 0 Å². The summed E-state index contributed by atoms with van der Waals surface area (Å²) in [5.41, 5.74) is 3.73. The molecular weight excluding hydrogens is 388 g/mol.